The second kappa shape index (κ2) is 4.60. The molecule has 2 aromatic rings. The third-order valence-electron chi connectivity index (χ3n) is 2.14. The van der Waals surface area contributed by atoms with E-state index in [0.717, 1.165) is 11.3 Å². The number of aromatic nitrogens is 4. The molecule has 7 nitrogen and oxygen atoms in total. The summed E-state index contributed by atoms with van der Waals surface area (Å²) in [6, 6.07) is 3.77. The molecule has 0 aliphatic rings. The van der Waals surface area contributed by atoms with Gasteiger partial charge in [0.25, 0.3) is 5.56 Å². The van der Waals surface area contributed by atoms with E-state index in [2.05, 4.69) is 25.5 Å². The van der Waals surface area contributed by atoms with Crippen molar-refractivity contribution >= 4 is 5.82 Å². The van der Waals surface area contributed by atoms with E-state index >= 15 is 0 Å². The standard InChI is InChI=1S/C10H11N5O2/c1-6-2-3-7(4-11-6)5-12-8-9(16)13-10(17)15-14-8/h2-4H,5H2,1H3,(H,12,14)(H2,13,15,16,17). The molecule has 2 rings (SSSR count). The van der Waals surface area contributed by atoms with Crippen LogP contribution in [0, 0.1) is 6.92 Å². The van der Waals surface area contributed by atoms with Gasteiger partial charge in [-0.2, -0.15) is 0 Å². The average Bonchev–Trinajstić information content (AvgIpc) is 2.30. The van der Waals surface area contributed by atoms with E-state index in [4.69, 9.17) is 0 Å². The van der Waals surface area contributed by atoms with Gasteiger partial charge in [-0.05, 0) is 18.6 Å². The first-order chi connectivity index (χ1) is 8.15. The molecule has 0 radical (unpaired) electrons. The molecule has 0 unspecified atom stereocenters. The Balaban J connectivity index is 2.10. The molecule has 0 bridgehead atoms. The molecule has 2 aromatic heterocycles. The smallest absolute Gasteiger partial charge is 0.342 e. The molecule has 0 spiro atoms. The molecule has 0 saturated carbocycles. The third-order valence-corrected chi connectivity index (χ3v) is 2.14. The first-order valence-electron chi connectivity index (χ1n) is 4.99. The van der Waals surface area contributed by atoms with E-state index in [0.29, 0.717) is 6.54 Å². The number of hydrogen-bond donors (Lipinski definition) is 3. The summed E-state index contributed by atoms with van der Waals surface area (Å²) in [6.07, 6.45) is 1.71. The summed E-state index contributed by atoms with van der Waals surface area (Å²) >= 11 is 0. The molecular formula is C10H11N5O2. The molecule has 7 heteroatoms. The monoisotopic (exact) mass is 233 g/mol. The van der Waals surface area contributed by atoms with Crippen molar-refractivity contribution in [1.29, 1.82) is 0 Å². The Labute approximate surface area is 95.9 Å². The fourth-order valence-electron chi connectivity index (χ4n) is 1.26. The minimum atomic E-state index is -0.627. The summed E-state index contributed by atoms with van der Waals surface area (Å²) in [5, 5.41) is 8.56. The number of rotatable bonds is 3. The zero-order valence-corrected chi connectivity index (χ0v) is 9.15. The van der Waals surface area contributed by atoms with E-state index in [1.165, 1.54) is 0 Å². The van der Waals surface area contributed by atoms with Gasteiger partial charge in [0.2, 0.25) is 5.82 Å². The summed E-state index contributed by atoms with van der Waals surface area (Å²) in [5.41, 5.74) is 0.670. The van der Waals surface area contributed by atoms with E-state index in [9.17, 15) is 9.59 Å². The van der Waals surface area contributed by atoms with Crippen LogP contribution in [-0.2, 0) is 6.54 Å². The van der Waals surface area contributed by atoms with Gasteiger partial charge < -0.3 is 5.32 Å². The van der Waals surface area contributed by atoms with E-state index < -0.39 is 11.2 Å². The molecule has 0 aliphatic carbocycles. The van der Waals surface area contributed by atoms with Crippen LogP contribution < -0.4 is 16.6 Å². The van der Waals surface area contributed by atoms with Crippen LogP contribution in [0.25, 0.3) is 0 Å². The van der Waals surface area contributed by atoms with Crippen LogP contribution in [0.4, 0.5) is 5.82 Å². The highest BCUT2D eigenvalue weighted by Gasteiger charge is 2.01. The van der Waals surface area contributed by atoms with Gasteiger partial charge in [-0.25, -0.2) is 9.89 Å². The van der Waals surface area contributed by atoms with Crippen LogP contribution in [0.2, 0.25) is 0 Å². The van der Waals surface area contributed by atoms with Crippen molar-refractivity contribution in [2.75, 3.05) is 5.32 Å². The van der Waals surface area contributed by atoms with Gasteiger partial charge >= 0.3 is 5.69 Å². The molecule has 3 N–H and O–H groups in total. The Bertz CT molecular complexity index is 614. The fourth-order valence-corrected chi connectivity index (χ4v) is 1.26. The van der Waals surface area contributed by atoms with Gasteiger partial charge in [0.05, 0.1) is 0 Å². The van der Waals surface area contributed by atoms with Crippen molar-refractivity contribution in [3.63, 3.8) is 0 Å². The van der Waals surface area contributed by atoms with Gasteiger partial charge in [0.1, 0.15) is 0 Å². The van der Waals surface area contributed by atoms with Gasteiger partial charge in [-0.15, -0.1) is 5.10 Å². The van der Waals surface area contributed by atoms with Crippen LogP contribution in [-0.4, -0.2) is 20.2 Å². The lowest BCUT2D eigenvalue weighted by molar-refractivity contribution is 0.882. The molecule has 0 aliphatic heterocycles. The largest absolute Gasteiger partial charge is 0.360 e. The van der Waals surface area contributed by atoms with Crippen molar-refractivity contribution in [1.82, 2.24) is 20.2 Å². The third kappa shape index (κ3) is 2.77. The summed E-state index contributed by atoms with van der Waals surface area (Å²) in [6.45, 7) is 2.31. The van der Waals surface area contributed by atoms with Crippen molar-refractivity contribution < 1.29 is 0 Å². The van der Waals surface area contributed by atoms with Gasteiger partial charge in [0.15, 0.2) is 0 Å². The number of aromatic amines is 2. The van der Waals surface area contributed by atoms with Crippen molar-refractivity contribution in [3.05, 3.63) is 50.4 Å². The zero-order chi connectivity index (χ0) is 12.3. The van der Waals surface area contributed by atoms with Crippen LogP contribution >= 0.6 is 0 Å². The summed E-state index contributed by atoms with van der Waals surface area (Å²) in [4.78, 5) is 28.2. The van der Waals surface area contributed by atoms with Crippen molar-refractivity contribution in [2.45, 2.75) is 13.5 Å². The average molecular weight is 233 g/mol. The highest BCUT2D eigenvalue weighted by molar-refractivity contribution is 5.30. The number of nitrogens with zero attached hydrogens (tertiary/aromatic N) is 2. The predicted octanol–water partition coefficient (Wildman–Crippen LogP) is -0.226. The minimum absolute atomic E-state index is 0.0742. The Kier molecular flexibility index (Phi) is 2.99. The quantitative estimate of drug-likeness (QED) is 0.679. The van der Waals surface area contributed by atoms with E-state index in [1.54, 1.807) is 6.20 Å². The van der Waals surface area contributed by atoms with E-state index in [-0.39, 0.29) is 5.82 Å². The van der Waals surface area contributed by atoms with Crippen LogP contribution in [0.3, 0.4) is 0 Å². The molecule has 88 valence electrons. The fraction of sp³-hybridized carbons (Fsp3) is 0.200. The first-order valence-corrected chi connectivity index (χ1v) is 4.99. The highest BCUT2D eigenvalue weighted by Crippen LogP contribution is 2.01. The summed E-state index contributed by atoms with van der Waals surface area (Å²) in [5.74, 6) is 0.0742. The number of hydrogen-bond acceptors (Lipinski definition) is 5. The number of pyridine rings is 1. The van der Waals surface area contributed by atoms with Crippen LogP contribution in [0.1, 0.15) is 11.3 Å². The predicted molar refractivity (Wildman–Crippen MR) is 61.8 cm³/mol. The second-order valence-corrected chi connectivity index (χ2v) is 3.52. The van der Waals surface area contributed by atoms with Crippen LogP contribution in [0.5, 0.6) is 0 Å². The van der Waals surface area contributed by atoms with Gasteiger partial charge in [0, 0.05) is 18.4 Å². The highest BCUT2D eigenvalue weighted by atomic mass is 16.2. The Hall–Kier alpha value is -2.44. The molecular weight excluding hydrogens is 222 g/mol. The number of aryl methyl sites for hydroxylation is 1. The summed E-state index contributed by atoms with van der Waals surface area (Å²) in [7, 11) is 0. The van der Waals surface area contributed by atoms with Gasteiger partial charge in [-0.1, -0.05) is 6.07 Å². The maximum atomic E-state index is 11.3. The summed E-state index contributed by atoms with van der Waals surface area (Å²) < 4.78 is 0. The van der Waals surface area contributed by atoms with Crippen molar-refractivity contribution in [3.8, 4) is 0 Å². The number of H-pyrrole nitrogens is 2. The lowest BCUT2D eigenvalue weighted by atomic mass is 10.2. The molecule has 0 saturated heterocycles. The zero-order valence-electron chi connectivity index (χ0n) is 9.15. The molecule has 0 atom stereocenters. The second-order valence-electron chi connectivity index (χ2n) is 3.52. The molecule has 0 aromatic carbocycles. The Morgan fingerprint density at radius 3 is 2.82 bits per heavy atom. The molecule has 17 heavy (non-hydrogen) atoms. The Morgan fingerprint density at radius 2 is 2.18 bits per heavy atom. The number of anilines is 1. The Morgan fingerprint density at radius 1 is 1.35 bits per heavy atom. The maximum absolute atomic E-state index is 11.3. The van der Waals surface area contributed by atoms with Crippen LogP contribution in [0.15, 0.2) is 27.9 Å². The maximum Gasteiger partial charge on any atom is 0.342 e. The lowest BCUT2D eigenvalue weighted by Crippen LogP contribution is -2.26. The van der Waals surface area contributed by atoms with Gasteiger partial charge in [-0.3, -0.25) is 14.8 Å². The first kappa shape index (κ1) is 11.1. The molecule has 2 heterocycles. The normalized spacial score (nSPS) is 10.2. The molecule has 0 amide bonds. The minimum Gasteiger partial charge on any atom is -0.360 e. The van der Waals surface area contributed by atoms with E-state index in [1.807, 2.05) is 19.1 Å². The van der Waals surface area contributed by atoms with Crippen molar-refractivity contribution in [2.24, 2.45) is 0 Å². The SMILES string of the molecule is Cc1ccc(CNc2n[nH]c(=O)[nH]c2=O)cn1. The topological polar surface area (TPSA) is 104 Å². The lowest BCUT2D eigenvalue weighted by Gasteiger charge is -2.03. The molecule has 0 fully saturated rings. The number of nitrogens with one attached hydrogen (secondary N) is 3.